The van der Waals surface area contributed by atoms with E-state index in [9.17, 15) is 0 Å². The highest BCUT2D eigenvalue weighted by atomic mass is 32.1. The largest absolute Gasteiger partial charge is 0.145 e. The van der Waals surface area contributed by atoms with Gasteiger partial charge in [-0.2, -0.15) is 0 Å². The lowest BCUT2D eigenvalue weighted by molar-refractivity contribution is 0.447. The minimum atomic E-state index is 0.908. The first-order valence-corrected chi connectivity index (χ1v) is 8.35. The van der Waals surface area contributed by atoms with Gasteiger partial charge >= 0.3 is 0 Å². The molecule has 0 spiro atoms. The third kappa shape index (κ3) is 2.76. The smallest absolute Gasteiger partial charge is 0.00792 e. The first-order valence-electron chi connectivity index (χ1n) is 7.53. The number of rotatable bonds is 2. The van der Waals surface area contributed by atoms with Gasteiger partial charge in [-0.25, -0.2) is 0 Å². The molecular formula is C16H24S. The van der Waals surface area contributed by atoms with Crippen LogP contribution in [0.4, 0.5) is 0 Å². The van der Waals surface area contributed by atoms with Gasteiger partial charge in [0.1, 0.15) is 0 Å². The molecule has 2 fully saturated rings. The van der Waals surface area contributed by atoms with Gasteiger partial charge in [0.05, 0.1) is 0 Å². The van der Waals surface area contributed by atoms with Crippen LogP contribution in [0.5, 0.6) is 0 Å². The second kappa shape index (κ2) is 5.56. The van der Waals surface area contributed by atoms with Crippen LogP contribution in [-0.4, -0.2) is 0 Å². The number of hydrogen-bond donors (Lipinski definition) is 0. The lowest BCUT2D eigenvalue weighted by Crippen LogP contribution is -2.03. The molecule has 0 radical (unpaired) electrons. The highest BCUT2D eigenvalue weighted by Crippen LogP contribution is 2.41. The zero-order valence-corrected chi connectivity index (χ0v) is 11.6. The molecule has 94 valence electrons. The van der Waals surface area contributed by atoms with E-state index in [1.54, 1.807) is 9.75 Å². The number of hydrogen-bond acceptors (Lipinski definition) is 1. The van der Waals surface area contributed by atoms with Crippen LogP contribution >= 0.6 is 11.3 Å². The molecule has 0 atom stereocenters. The van der Waals surface area contributed by atoms with E-state index in [-0.39, 0.29) is 0 Å². The Balaban J connectivity index is 1.68. The summed E-state index contributed by atoms with van der Waals surface area (Å²) in [5.74, 6) is 1.82. The van der Waals surface area contributed by atoms with Crippen LogP contribution in [0.3, 0.4) is 0 Å². The fourth-order valence-corrected chi connectivity index (χ4v) is 4.93. The molecule has 0 bridgehead atoms. The Kier molecular flexibility index (Phi) is 3.85. The predicted molar refractivity (Wildman–Crippen MR) is 76.0 cm³/mol. The third-order valence-corrected chi connectivity index (χ3v) is 6.07. The third-order valence-electron chi connectivity index (χ3n) is 4.66. The second-order valence-electron chi connectivity index (χ2n) is 5.91. The molecule has 0 N–H and O–H groups in total. The van der Waals surface area contributed by atoms with Crippen molar-refractivity contribution < 1.29 is 0 Å². The first-order chi connectivity index (χ1) is 8.43. The molecule has 3 rings (SSSR count). The molecule has 2 aliphatic carbocycles. The standard InChI is InChI=1S/C16H24S/c1-3-7-13(8-4-1)15-11-12-16(17-15)14-9-5-2-6-10-14/h11-14H,1-10H2. The fourth-order valence-electron chi connectivity index (χ4n) is 3.58. The van der Waals surface area contributed by atoms with Gasteiger partial charge in [-0.15, -0.1) is 11.3 Å². The van der Waals surface area contributed by atoms with E-state index >= 15 is 0 Å². The maximum Gasteiger partial charge on any atom is 0.00792 e. The van der Waals surface area contributed by atoms with Gasteiger partial charge < -0.3 is 0 Å². The van der Waals surface area contributed by atoms with Crippen molar-refractivity contribution in [1.29, 1.82) is 0 Å². The van der Waals surface area contributed by atoms with Gasteiger partial charge in [-0.05, 0) is 49.7 Å². The fraction of sp³-hybridized carbons (Fsp3) is 0.750. The minimum absolute atomic E-state index is 0.908. The topological polar surface area (TPSA) is 0 Å². The van der Waals surface area contributed by atoms with Gasteiger partial charge in [-0.1, -0.05) is 38.5 Å². The predicted octanol–water partition coefficient (Wildman–Crippen LogP) is 5.84. The summed E-state index contributed by atoms with van der Waals surface area (Å²) in [5.41, 5.74) is 0. The zero-order chi connectivity index (χ0) is 11.5. The SMILES string of the molecule is c1cc(C2CCCCC2)sc1C1CCCCC1. The molecule has 0 unspecified atom stereocenters. The molecule has 0 nitrogen and oxygen atoms in total. The summed E-state index contributed by atoms with van der Waals surface area (Å²) in [6.45, 7) is 0. The molecule has 2 saturated carbocycles. The highest BCUT2D eigenvalue weighted by molar-refractivity contribution is 7.12. The highest BCUT2D eigenvalue weighted by Gasteiger charge is 2.21. The van der Waals surface area contributed by atoms with E-state index in [1.807, 2.05) is 0 Å². The van der Waals surface area contributed by atoms with Crippen LogP contribution in [-0.2, 0) is 0 Å². The van der Waals surface area contributed by atoms with E-state index < -0.39 is 0 Å². The molecule has 0 saturated heterocycles. The summed E-state index contributed by atoms with van der Waals surface area (Å²) >= 11 is 2.15. The van der Waals surface area contributed by atoms with Crippen LogP contribution < -0.4 is 0 Å². The van der Waals surface area contributed by atoms with E-state index in [4.69, 9.17) is 0 Å². The Morgan fingerprint density at radius 1 is 0.647 bits per heavy atom. The van der Waals surface area contributed by atoms with Crippen molar-refractivity contribution in [3.63, 3.8) is 0 Å². The van der Waals surface area contributed by atoms with E-state index in [2.05, 4.69) is 23.5 Å². The van der Waals surface area contributed by atoms with Crippen molar-refractivity contribution in [2.75, 3.05) is 0 Å². The monoisotopic (exact) mass is 248 g/mol. The molecule has 17 heavy (non-hydrogen) atoms. The molecule has 2 aliphatic rings. The average molecular weight is 248 g/mol. The molecule has 1 aromatic heterocycles. The molecule has 0 aliphatic heterocycles. The van der Waals surface area contributed by atoms with Crippen molar-refractivity contribution in [1.82, 2.24) is 0 Å². The van der Waals surface area contributed by atoms with Crippen molar-refractivity contribution >= 4 is 11.3 Å². The van der Waals surface area contributed by atoms with Crippen LogP contribution in [0.1, 0.15) is 85.8 Å². The quantitative estimate of drug-likeness (QED) is 0.616. The van der Waals surface area contributed by atoms with Gasteiger partial charge in [0.15, 0.2) is 0 Å². The normalized spacial score (nSPS) is 24.0. The van der Waals surface area contributed by atoms with E-state index in [0.29, 0.717) is 0 Å². The maximum absolute atomic E-state index is 2.45. The number of thiophene rings is 1. The lowest BCUT2D eigenvalue weighted by atomic mass is 9.87. The Hall–Kier alpha value is -0.300. The summed E-state index contributed by atoms with van der Waals surface area (Å²) in [5, 5.41) is 0. The molecule has 1 aromatic rings. The Morgan fingerprint density at radius 2 is 1.06 bits per heavy atom. The van der Waals surface area contributed by atoms with Crippen molar-refractivity contribution in [3.05, 3.63) is 21.9 Å². The first kappa shape index (κ1) is 11.8. The Morgan fingerprint density at radius 3 is 1.47 bits per heavy atom. The minimum Gasteiger partial charge on any atom is -0.145 e. The molecular weight excluding hydrogens is 224 g/mol. The van der Waals surface area contributed by atoms with E-state index in [1.165, 1.54) is 64.2 Å². The maximum atomic E-state index is 2.45. The van der Waals surface area contributed by atoms with Crippen LogP contribution in [0.25, 0.3) is 0 Å². The summed E-state index contributed by atoms with van der Waals surface area (Å²) in [7, 11) is 0. The van der Waals surface area contributed by atoms with E-state index in [0.717, 1.165) is 11.8 Å². The molecule has 0 amide bonds. The Labute approximate surface area is 109 Å². The van der Waals surface area contributed by atoms with Gasteiger partial charge in [0, 0.05) is 9.75 Å². The zero-order valence-electron chi connectivity index (χ0n) is 10.8. The van der Waals surface area contributed by atoms with Gasteiger partial charge in [0.2, 0.25) is 0 Å². The van der Waals surface area contributed by atoms with Crippen LogP contribution in [0.15, 0.2) is 12.1 Å². The Bertz CT molecular complexity index is 308. The molecule has 1 heteroatoms. The summed E-state index contributed by atoms with van der Waals surface area (Å²) in [6, 6.07) is 4.90. The van der Waals surface area contributed by atoms with Gasteiger partial charge in [-0.3, -0.25) is 0 Å². The van der Waals surface area contributed by atoms with Crippen molar-refractivity contribution in [3.8, 4) is 0 Å². The summed E-state index contributed by atoms with van der Waals surface area (Å²) in [4.78, 5) is 3.40. The van der Waals surface area contributed by atoms with Crippen LogP contribution in [0.2, 0.25) is 0 Å². The lowest BCUT2D eigenvalue weighted by Gasteiger charge is -2.21. The van der Waals surface area contributed by atoms with Crippen molar-refractivity contribution in [2.45, 2.75) is 76.0 Å². The second-order valence-corrected chi connectivity index (χ2v) is 7.06. The summed E-state index contributed by atoms with van der Waals surface area (Å²) < 4.78 is 0. The van der Waals surface area contributed by atoms with Gasteiger partial charge in [0.25, 0.3) is 0 Å². The summed E-state index contributed by atoms with van der Waals surface area (Å²) in [6.07, 6.45) is 14.6. The van der Waals surface area contributed by atoms with Crippen molar-refractivity contribution in [2.24, 2.45) is 0 Å². The average Bonchev–Trinajstić information content (AvgIpc) is 2.90. The van der Waals surface area contributed by atoms with Crippen LogP contribution in [0, 0.1) is 0 Å². The molecule has 1 heterocycles. The molecule has 0 aromatic carbocycles.